The number of benzene rings is 1. The maximum atomic E-state index is 11.9. The van der Waals surface area contributed by atoms with Crippen molar-refractivity contribution in [2.75, 3.05) is 23.4 Å². The Balaban J connectivity index is 2.10. The highest BCUT2D eigenvalue weighted by atomic mass is 16.6. The molecule has 1 heterocycles. The average Bonchev–Trinajstić information content (AvgIpc) is 2.84. The van der Waals surface area contributed by atoms with Crippen molar-refractivity contribution in [2.45, 2.75) is 19.9 Å². The number of hydrogen-bond donors (Lipinski definition) is 2. The molecule has 1 aromatic carbocycles. The highest BCUT2D eigenvalue weighted by Gasteiger charge is 2.24. The van der Waals surface area contributed by atoms with Crippen molar-refractivity contribution in [3.63, 3.8) is 0 Å². The maximum Gasteiger partial charge on any atom is 0.414 e. The van der Waals surface area contributed by atoms with Crippen LogP contribution >= 0.6 is 0 Å². The molecule has 0 saturated carbocycles. The summed E-state index contributed by atoms with van der Waals surface area (Å²) in [5, 5.41) is 2.76. The SMILES string of the molecule is CC(C)C(N)C(=O)Nc1cccc(N2CCOC2=O)c1. The monoisotopic (exact) mass is 277 g/mol. The number of carbonyl (C=O) groups excluding carboxylic acids is 2. The molecule has 0 aromatic heterocycles. The van der Waals surface area contributed by atoms with Gasteiger partial charge in [-0.05, 0) is 24.1 Å². The van der Waals surface area contributed by atoms with Crippen LogP contribution in [0.15, 0.2) is 24.3 Å². The minimum absolute atomic E-state index is 0.0618. The summed E-state index contributed by atoms with van der Waals surface area (Å²) in [6.45, 7) is 4.68. The fourth-order valence-corrected chi connectivity index (χ4v) is 1.91. The minimum Gasteiger partial charge on any atom is -0.447 e. The Morgan fingerprint density at radius 3 is 2.80 bits per heavy atom. The molecule has 2 amide bonds. The minimum atomic E-state index is -0.560. The zero-order valence-corrected chi connectivity index (χ0v) is 11.6. The standard InChI is InChI=1S/C14H19N3O3/c1-9(2)12(15)13(18)16-10-4-3-5-11(8-10)17-6-7-20-14(17)19/h3-5,8-9,12H,6-7,15H2,1-2H3,(H,16,18). The van der Waals surface area contributed by atoms with E-state index in [0.717, 1.165) is 0 Å². The number of amides is 2. The first kappa shape index (κ1) is 14.3. The summed E-state index contributed by atoms with van der Waals surface area (Å²) in [7, 11) is 0. The Morgan fingerprint density at radius 2 is 2.20 bits per heavy atom. The van der Waals surface area contributed by atoms with E-state index in [2.05, 4.69) is 5.32 Å². The number of nitrogens with one attached hydrogen (secondary N) is 1. The van der Waals surface area contributed by atoms with E-state index >= 15 is 0 Å². The van der Waals surface area contributed by atoms with Crippen molar-refractivity contribution >= 4 is 23.4 Å². The van der Waals surface area contributed by atoms with Crippen molar-refractivity contribution in [1.29, 1.82) is 0 Å². The van der Waals surface area contributed by atoms with Crippen molar-refractivity contribution in [1.82, 2.24) is 0 Å². The van der Waals surface area contributed by atoms with Gasteiger partial charge in [0.05, 0.1) is 12.6 Å². The Hall–Kier alpha value is -2.08. The molecule has 1 aliphatic rings. The fourth-order valence-electron chi connectivity index (χ4n) is 1.91. The highest BCUT2D eigenvalue weighted by Crippen LogP contribution is 2.22. The van der Waals surface area contributed by atoms with E-state index in [1.807, 2.05) is 13.8 Å². The number of anilines is 2. The van der Waals surface area contributed by atoms with E-state index in [4.69, 9.17) is 10.5 Å². The molecule has 1 saturated heterocycles. The molecule has 3 N–H and O–H groups in total. The zero-order valence-electron chi connectivity index (χ0n) is 11.6. The van der Waals surface area contributed by atoms with Crippen LogP contribution in [0.4, 0.5) is 16.2 Å². The van der Waals surface area contributed by atoms with Crippen LogP contribution in [0.1, 0.15) is 13.8 Å². The van der Waals surface area contributed by atoms with Crippen molar-refractivity contribution in [3.8, 4) is 0 Å². The topological polar surface area (TPSA) is 84.7 Å². The molecular weight excluding hydrogens is 258 g/mol. The van der Waals surface area contributed by atoms with Gasteiger partial charge in [-0.25, -0.2) is 4.79 Å². The average molecular weight is 277 g/mol. The van der Waals surface area contributed by atoms with Gasteiger partial charge >= 0.3 is 6.09 Å². The number of ether oxygens (including phenoxy) is 1. The molecule has 0 spiro atoms. The van der Waals surface area contributed by atoms with Gasteiger partial charge in [0.2, 0.25) is 5.91 Å². The predicted molar refractivity (Wildman–Crippen MR) is 76.6 cm³/mol. The van der Waals surface area contributed by atoms with Crippen LogP contribution in [0.25, 0.3) is 0 Å². The van der Waals surface area contributed by atoms with E-state index in [1.54, 1.807) is 24.3 Å². The third kappa shape index (κ3) is 3.08. The summed E-state index contributed by atoms with van der Waals surface area (Å²) in [6.07, 6.45) is -0.368. The maximum absolute atomic E-state index is 11.9. The van der Waals surface area contributed by atoms with Crippen LogP contribution in [0.3, 0.4) is 0 Å². The summed E-state index contributed by atoms with van der Waals surface area (Å²) in [4.78, 5) is 24.9. The number of hydrogen-bond acceptors (Lipinski definition) is 4. The van der Waals surface area contributed by atoms with E-state index < -0.39 is 6.04 Å². The molecule has 6 heteroatoms. The predicted octanol–water partition coefficient (Wildman–Crippen LogP) is 1.56. The quantitative estimate of drug-likeness (QED) is 0.874. The third-order valence-corrected chi connectivity index (χ3v) is 3.21. The van der Waals surface area contributed by atoms with Gasteiger partial charge in [0.15, 0.2) is 0 Å². The Labute approximate surface area is 117 Å². The molecule has 2 rings (SSSR count). The smallest absolute Gasteiger partial charge is 0.414 e. The van der Waals surface area contributed by atoms with E-state index in [0.29, 0.717) is 24.5 Å². The van der Waals surface area contributed by atoms with Gasteiger partial charge in [0, 0.05) is 11.4 Å². The number of rotatable bonds is 4. The highest BCUT2D eigenvalue weighted by molar-refractivity contribution is 5.96. The molecule has 20 heavy (non-hydrogen) atoms. The zero-order chi connectivity index (χ0) is 14.7. The second-order valence-corrected chi connectivity index (χ2v) is 5.08. The Bertz CT molecular complexity index is 516. The molecule has 1 fully saturated rings. The van der Waals surface area contributed by atoms with Gasteiger partial charge < -0.3 is 15.8 Å². The van der Waals surface area contributed by atoms with Crippen LogP contribution in [-0.2, 0) is 9.53 Å². The molecule has 0 radical (unpaired) electrons. The van der Waals surface area contributed by atoms with E-state index in [-0.39, 0.29) is 17.9 Å². The lowest BCUT2D eigenvalue weighted by Gasteiger charge is -2.17. The lowest BCUT2D eigenvalue weighted by Crippen LogP contribution is -2.39. The normalized spacial score (nSPS) is 16.2. The molecule has 6 nitrogen and oxygen atoms in total. The van der Waals surface area contributed by atoms with E-state index in [1.165, 1.54) is 4.90 Å². The first-order chi connectivity index (χ1) is 9.49. The number of carbonyl (C=O) groups is 2. The third-order valence-electron chi connectivity index (χ3n) is 3.21. The van der Waals surface area contributed by atoms with Gasteiger partial charge in [-0.15, -0.1) is 0 Å². The van der Waals surface area contributed by atoms with Crippen LogP contribution in [0.2, 0.25) is 0 Å². The summed E-state index contributed by atoms with van der Waals surface area (Å²) in [5.74, 6) is -0.173. The van der Waals surface area contributed by atoms with Gasteiger partial charge in [0.1, 0.15) is 6.61 Å². The molecule has 0 bridgehead atoms. The lowest BCUT2D eigenvalue weighted by molar-refractivity contribution is -0.118. The second kappa shape index (κ2) is 5.92. The first-order valence-corrected chi connectivity index (χ1v) is 6.60. The lowest BCUT2D eigenvalue weighted by atomic mass is 10.0. The molecule has 0 aliphatic carbocycles. The van der Waals surface area contributed by atoms with Crippen LogP contribution in [-0.4, -0.2) is 31.2 Å². The summed E-state index contributed by atoms with van der Waals surface area (Å²) in [6, 6.07) is 6.51. The number of cyclic esters (lactones) is 1. The molecule has 1 atom stereocenters. The van der Waals surface area contributed by atoms with Crippen LogP contribution < -0.4 is 16.0 Å². The molecule has 1 unspecified atom stereocenters. The molecule has 1 aromatic rings. The van der Waals surface area contributed by atoms with Crippen LogP contribution in [0, 0.1) is 5.92 Å². The van der Waals surface area contributed by atoms with Crippen molar-refractivity contribution < 1.29 is 14.3 Å². The Kier molecular flexibility index (Phi) is 4.24. The summed E-state index contributed by atoms with van der Waals surface area (Å²) >= 11 is 0. The summed E-state index contributed by atoms with van der Waals surface area (Å²) in [5.41, 5.74) is 7.11. The summed E-state index contributed by atoms with van der Waals surface area (Å²) < 4.78 is 4.89. The van der Waals surface area contributed by atoms with Crippen molar-refractivity contribution in [2.24, 2.45) is 11.7 Å². The number of nitrogens with zero attached hydrogens (tertiary/aromatic N) is 1. The van der Waals surface area contributed by atoms with Crippen LogP contribution in [0.5, 0.6) is 0 Å². The molecular formula is C14H19N3O3. The fraction of sp³-hybridized carbons (Fsp3) is 0.429. The van der Waals surface area contributed by atoms with Gasteiger partial charge in [0.25, 0.3) is 0 Å². The van der Waals surface area contributed by atoms with Gasteiger partial charge in [-0.2, -0.15) is 0 Å². The largest absolute Gasteiger partial charge is 0.447 e. The van der Waals surface area contributed by atoms with Gasteiger partial charge in [-0.1, -0.05) is 19.9 Å². The number of nitrogens with two attached hydrogens (primary N) is 1. The first-order valence-electron chi connectivity index (χ1n) is 6.60. The second-order valence-electron chi connectivity index (χ2n) is 5.08. The van der Waals surface area contributed by atoms with Crippen molar-refractivity contribution in [3.05, 3.63) is 24.3 Å². The van der Waals surface area contributed by atoms with Gasteiger partial charge in [-0.3, -0.25) is 9.69 Å². The molecule has 108 valence electrons. The molecule has 1 aliphatic heterocycles. The van der Waals surface area contributed by atoms with E-state index in [9.17, 15) is 9.59 Å². The Morgan fingerprint density at radius 1 is 1.45 bits per heavy atom.